The number of rotatable bonds is 5. The van der Waals surface area contributed by atoms with Crippen molar-refractivity contribution in [1.29, 1.82) is 0 Å². The summed E-state index contributed by atoms with van der Waals surface area (Å²) < 4.78 is 0. The lowest BCUT2D eigenvalue weighted by Gasteiger charge is -2.35. The number of hydrogen-bond donors (Lipinski definition) is 1. The summed E-state index contributed by atoms with van der Waals surface area (Å²) in [7, 11) is 0. The van der Waals surface area contributed by atoms with Gasteiger partial charge >= 0.3 is 0 Å². The van der Waals surface area contributed by atoms with E-state index in [9.17, 15) is 0 Å². The lowest BCUT2D eigenvalue weighted by atomic mass is 9.78. The van der Waals surface area contributed by atoms with Gasteiger partial charge in [0.05, 0.1) is 0 Å². The van der Waals surface area contributed by atoms with Crippen molar-refractivity contribution in [1.82, 2.24) is 5.32 Å². The van der Waals surface area contributed by atoms with Gasteiger partial charge in [0.25, 0.3) is 0 Å². The first-order valence-electron chi connectivity index (χ1n) is 8.02. The molecule has 2 unspecified atom stereocenters. The van der Waals surface area contributed by atoms with Crippen molar-refractivity contribution in [3.8, 4) is 0 Å². The Morgan fingerprint density at radius 2 is 1.68 bits per heavy atom. The number of benzene rings is 1. The zero-order valence-electron chi connectivity index (χ0n) is 12.8. The fraction of sp³-hybridized carbons (Fsp3) is 0.667. The van der Waals surface area contributed by atoms with Gasteiger partial charge in [0, 0.05) is 12.6 Å². The summed E-state index contributed by atoms with van der Waals surface area (Å²) in [5.74, 6) is 1.67. The predicted molar refractivity (Wildman–Crippen MR) is 83.2 cm³/mol. The normalized spacial score (nSPS) is 23.8. The Bertz CT molecular complexity index is 366. The van der Waals surface area contributed by atoms with Gasteiger partial charge in [-0.3, -0.25) is 0 Å². The lowest BCUT2D eigenvalue weighted by Crippen LogP contribution is -2.40. The summed E-state index contributed by atoms with van der Waals surface area (Å²) in [6, 6.07) is 9.80. The smallest absolute Gasteiger partial charge is 0.0208 e. The second-order valence-corrected chi connectivity index (χ2v) is 6.35. The second-order valence-electron chi connectivity index (χ2n) is 6.35. The van der Waals surface area contributed by atoms with Crippen molar-refractivity contribution in [3.63, 3.8) is 0 Å². The van der Waals surface area contributed by atoms with Crippen LogP contribution in [-0.2, 0) is 13.0 Å². The minimum atomic E-state index is 0.722. The van der Waals surface area contributed by atoms with Crippen LogP contribution >= 0.6 is 0 Å². The predicted octanol–water partition coefficient (Wildman–Crippen LogP) is 4.55. The molecule has 0 amide bonds. The molecule has 0 radical (unpaired) electrons. The Hall–Kier alpha value is -0.820. The van der Waals surface area contributed by atoms with E-state index in [0.717, 1.165) is 30.8 Å². The van der Waals surface area contributed by atoms with E-state index in [-0.39, 0.29) is 0 Å². The highest BCUT2D eigenvalue weighted by Gasteiger charge is 2.26. The van der Waals surface area contributed by atoms with Crippen LogP contribution in [-0.4, -0.2) is 6.04 Å². The maximum atomic E-state index is 3.81. The minimum absolute atomic E-state index is 0.722. The van der Waals surface area contributed by atoms with Gasteiger partial charge in [-0.1, -0.05) is 57.9 Å². The molecule has 1 N–H and O–H groups in total. The third-order valence-corrected chi connectivity index (χ3v) is 4.68. The van der Waals surface area contributed by atoms with Crippen molar-refractivity contribution in [2.75, 3.05) is 0 Å². The quantitative estimate of drug-likeness (QED) is 0.817. The molecule has 0 aromatic heterocycles. The fourth-order valence-electron chi connectivity index (χ4n) is 3.35. The fourth-order valence-corrected chi connectivity index (χ4v) is 3.35. The number of nitrogens with one attached hydrogen (secondary N) is 1. The van der Waals surface area contributed by atoms with Crippen molar-refractivity contribution in [2.24, 2.45) is 11.8 Å². The molecule has 1 aromatic carbocycles. The summed E-state index contributed by atoms with van der Waals surface area (Å²) in [6.45, 7) is 7.99. The van der Waals surface area contributed by atoms with Gasteiger partial charge in [-0.05, 0) is 42.2 Å². The Morgan fingerprint density at radius 1 is 1.05 bits per heavy atom. The summed E-state index contributed by atoms with van der Waals surface area (Å²) in [5.41, 5.74) is 2.85. The van der Waals surface area contributed by atoms with Crippen LogP contribution in [0.2, 0.25) is 0 Å². The summed E-state index contributed by atoms with van der Waals surface area (Å²) >= 11 is 0. The Balaban J connectivity index is 1.88. The Kier molecular flexibility index (Phi) is 5.45. The van der Waals surface area contributed by atoms with E-state index in [0.29, 0.717) is 0 Å². The van der Waals surface area contributed by atoms with Gasteiger partial charge in [0.15, 0.2) is 0 Å². The van der Waals surface area contributed by atoms with Gasteiger partial charge in [-0.2, -0.15) is 0 Å². The maximum absolute atomic E-state index is 3.81. The molecule has 1 aromatic rings. The number of hydrogen-bond acceptors (Lipinski definition) is 1. The molecule has 106 valence electrons. The largest absolute Gasteiger partial charge is 0.310 e. The highest BCUT2D eigenvalue weighted by Crippen LogP contribution is 2.30. The zero-order valence-corrected chi connectivity index (χ0v) is 12.8. The first-order valence-corrected chi connectivity index (χ1v) is 8.02. The molecular formula is C18H29N. The molecule has 1 fully saturated rings. The van der Waals surface area contributed by atoms with Gasteiger partial charge in [-0.15, -0.1) is 0 Å². The molecule has 1 saturated carbocycles. The van der Waals surface area contributed by atoms with Crippen molar-refractivity contribution >= 4 is 0 Å². The summed E-state index contributed by atoms with van der Waals surface area (Å²) in [5, 5.41) is 3.81. The molecule has 0 saturated heterocycles. The van der Waals surface area contributed by atoms with E-state index >= 15 is 0 Å². The third-order valence-electron chi connectivity index (χ3n) is 4.68. The number of aryl methyl sites for hydroxylation is 1. The summed E-state index contributed by atoms with van der Waals surface area (Å²) in [6.07, 6.45) is 6.72. The van der Waals surface area contributed by atoms with E-state index in [1.54, 1.807) is 0 Å². The Labute approximate surface area is 118 Å². The lowest BCUT2D eigenvalue weighted by molar-refractivity contribution is 0.204. The topological polar surface area (TPSA) is 12.0 Å². The van der Waals surface area contributed by atoms with Crippen LogP contribution < -0.4 is 5.32 Å². The van der Waals surface area contributed by atoms with Gasteiger partial charge in [0.1, 0.15) is 0 Å². The molecule has 0 bridgehead atoms. The average molecular weight is 259 g/mol. The van der Waals surface area contributed by atoms with Crippen molar-refractivity contribution < 1.29 is 0 Å². The molecule has 1 aliphatic rings. The van der Waals surface area contributed by atoms with Crippen molar-refractivity contribution in [2.45, 2.75) is 65.5 Å². The molecule has 0 heterocycles. The molecule has 0 spiro atoms. The standard InChI is InChI=1S/C18H29N/c1-4-15-9-11-16(12-10-15)13-19-18-8-6-5-7-17(18)14(2)3/h9-12,14,17-19H,4-8,13H2,1-3H3. The molecule has 1 aliphatic carbocycles. The molecule has 2 atom stereocenters. The van der Waals surface area contributed by atoms with Crippen LogP contribution in [0.15, 0.2) is 24.3 Å². The average Bonchev–Trinajstić information content (AvgIpc) is 2.46. The third kappa shape index (κ3) is 4.07. The highest BCUT2D eigenvalue weighted by atomic mass is 14.9. The molecule has 2 rings (SSSR count). The van der Waals surface area contributed by atoms with Crippen LogP contribution in [0.1, 0.15) is 57.6 Å². The van der Waals surface area contributed by atoms with Crippen LogP contribution in [0.3, 0.4) is 0 Å². The van der Waals surface area contributed by atoms with E-state index < -0.39 is 0 Å². The maximum Gasteiger partial charge on any atom is 0.0208 e. The minimum Gasteiger partial charge on any atom is -0.310 e. The van der Waals surface area contributed by atoms with E-state index in [1.165, 1.54) is 36.8 Å². The molecule has 1 heteroatoms. The second kappa shape index (κ2) is 7.09. The van der Waals surface area contributed by atoms with Gasteiger partial charge in [0.2, 0.25) is 0 Å². The van der Waals surface area contributed by atoms with Crippen molar-refractivity contribution in [3.05, 3.63) is 35.4 Å². The first-order chi connectivity index (χ1) is 9.20. The highest BCUT2D eigenvalue weighted by molar-refractivity contribution is 5.22. The van der Waals surface area contributed by atoms with Crippen LogP contribution in [0.25, 0.3) is 0 Å². The molecule has 19 heavy (non-hydrogen) atoms. The molecular weight excluding hydrogens is 230 g/mol. The zero-order chi connectivity index (χ0) is 13.7. The van der Waals surface area contributed by atoms with Gasteiger partial charge < -0.3 is 5.32 Å². The Morgan fingerprint density at radius 3 is 2.32 bits per heavy atom. The van der Waals surface area contributed by atoms with Crippen LogP contribution in [0.5, 0.6) is 0 Å². The van der Waals surface area contributed by atoms with Gasteiger partial charge in [-0.25, -0.2) is 0 Å². The van der Waals surface area contributed by atoms with Crippen LogP contribution in [0, 0.1) is 11.8 Å². The SMILES string of the molecule is CCc1ccc(CNC2CCCCC2C(C)C)cc1. The van der Waals surface area contributed by atoms with E-state index in [1.807, 2.05) is 0 Å². The summed E-state index contributed by atoms with van der Waals surface area (Å²) in [4.78, 5) is 0. The van der Waals surface area contributed by atoms with E-state index in [2.05, 4.69) is 50.4 Å². The molecule has 1 nitrogen and oxygen atoms in total. The first kappa shape index (κ1) is 14.6. The van der Waals surface area contributed by atoms with Crippen LogP contribution in [0.4, 0.5) is 0 Å². The molecule has 0 aliphatic heterocycles. The monoisotopic (exact) mass is 259 g/mol. The van der Waals surface area contributed by atoms with E-state index in [4.69, 9.17) is 0 Å².